The Morgan fingerprint density at radius 1 is 1.15 bits per heavy atom. The van der Waals surface area contributed by atoms with Crippen molar-refractivity contribution in [1.29, 1.82) is 0 Å². The summed E-state index contributed by atoms with van der Waals surface area (Å²) in [6.45, 7) is 4.53. The van der Waals surface area contributed by atoms with Gasteiger partial charge >= 0.3 is 11.9 Å². The second-order valence-electron chi connectivity index (χ2n) is 9.13. The smallest absolute Gasteiger partial charge is 0.358 e. The molecule has 2 rings (SSSR count). The Kier molecular flexibility index (Phi) is 11.0. The van der Waals surface area contributed by atoms with Gasteiger partial charge in [0.15, 0.2) is 0 Å². The van der Waals surface area contributed by atoms with Gasteiger partial charge in [0.1, 0.15) is 30.8 Å². The minimum atomic E-state index is -3.97. The lowest BCUT2D eigenvalue weighted by atomic mass is 9.98. The molecule has 15 nitrogen and oxygen atoms in total. The molecule has 2 aliphatic heterocycles. The van der Waals surface area contributed by atoms with Crippen molar-refractivity contribution in [2.75, 3.05) is 45.7 Å². The molecule has 2 aliphatic rings. The molecule has 0 saturated carbocycles. The lowest BCUT2D eigenvalue weighted by Crippen LogP contribution is -2.71. The summed E-state index contributed by atoms with van der Waals surface area (Å²) in [5.74, 6) is -4.58. The van der Waals surface area contributed by atoms with E-state index >= 15 is 0 Å². The number of ether oxygens (including phenoxy) is 3. The predicted octanol–water partition coefficient (Wildman–Crippen LogP) is -0.685. The molecule has 0 radical (unpaired) electrons. The van der Waals surface area contributed by atoms with Gasteiger partial charge < -0.3 is 24.4 Å². The van der Waals surface area contributed by atoms with Gasteiger partial charge in [0, 0.05) is 12.9 Å². The number of amides is 2. The van der Waals surface area contributed by atoms with E-state index in [0.29, 0.717) is 5.57 Å². The number of hydrogen-bond donors (Lipinski definition) is 1. The summed E-state index contributed by atoms with van der Waals surface area (Å²) >= 11 is 1.22. The molecule has 218 valence electrons. The normalized spacial score (nSPS) is 19.6. The summed E-state index contributed by atoms with van der Waals surface area (Å²) in [5, 5.41) is 4.95. The number of methoxy groups -OCH3 is 1. The molecule has 0 aliphatic carbocycles. The van der Waals surface area contributed by atoms with Crippen molar-refractivity contribution in [3.05, 3.63) is 11.3 Å². The highest BCUT2D eigenvalue weighted by Gasteiger charge is 2.55. The summed E-state index contributed by atoms with van der Waals surface area (Å²) in [7, 11) is -1.50. The fourth-order valence-corrected chi connectivity index (χ4v) is 4.97. The highest BCUT2D eigenvalue weighted by Crippen LogP contribution is 2.40. The number of fused-ring (bicyclic) bond motifs is 1. The number of nitrogens with one attached hydrogen (secondary N) is 1. The van der Waals surface area contributed by atoms with Gasteiger partial charge in [-0.1, -0.05) is 5.16 Å². The van der Waals surface area contributed by atoms with Crippen molar-refractivity contribution in [3.8, 4) is 0 Å². The van der Waals surface area contributed by atoms with E-state index in [2.05, 4.69) is 19.5 Å². The number of oxime groups is 1. The molecule has 1 N–H and O–H groups in total. The zero-order chi connectivity index (χ0) is 29.5. The summed E-state index contributed by atoms with van der Waals surface area (Å²) in [6, 6.07) is -1.16. The summed E-state index contributed by atoms with van der Waals surface area (Å²) in [5.41, 5.74) is -1.30. The number of β-lactam (4-membered cyclic amide) rings is 1. The molecule has 0 aromatic heterocycles. The van der Waals surface area contributed by atoms with Crippen molar-refractivity contribution in [2.45, 2.75) is 39.1 Å². The predicted molar refractivity (Wildman–Crippen MR) is 135 cm³/mol. The number of carbonyl (C=O) groups excluding carboxylic acids is 5. The van der Waals surface area contributed by atoms with Crippen molar-refractivity contribution >= 4 is 57.1 Å². The van der Waals surface area contributed by atoms with Gasteiger partial charge in [-0.05, 0) is 33.3 Å². The first kappa shape index (κ1) is 32.2. The Labute approximate surface area is 229 Å². The molecule has 1 unspecified atom stereocenters. The highest BCUT2D eigenvalue weighted by molar-refractivity contribution is 8.00. The minimum absolute atomic E-state index is 0.00650. The highest BCUT2D eigenvalue weighted by atomic mass is 32.2. The van der Waals surface area contributed by atoms with Gasteiger partial charge in [-0.15, -0.1) is 11.8 Å². The van der Waals surface area contributed by atoms with E-state index in [1.165, 1.54) is 25.8 Å². The molecular formula is C22H31N3O12S2. The van der Waals surface area contributed by atoms with E-state index in [9.17, 15) is 32.4 Å². The molecule has 0 spiro atoms. The van der Waals surface area contributed by atoms with Crippen molar-refractivity contribution in [1.82, 2.24) is 10.2 Å². The topological polar surface area (TPSA) is 193 Å². The van der Waals surface area contributed by atoms with E-state index in [0.717, 1.165) is 12.0 Å². The Bertz CT molecular complexity index is 1170. The van der Waals surface area contributed by atoms with Crippen molar-refractivity contribution in [2.24, 2.45) is 10.6 Å². The molecule has 0 aromatic rings. The fourth-order valence-electron chi connectivity index (χ4n) is 3.19. The maximum absolute atomic E-state index is 13.0. The van der Waals surface area contributed by atoms with Crippen LogP contribution in [0.3, 0.4) is 0 Å². The SMILES string of the molecule is CCS(=O)(=O)OCC(=O)C(=NOC)C(=O)NC1C(=O)N2C(C(=O)OCOC(=O)C(C)(C)C)=C(COC)CS[C@@H]12. The number of ketones is 1. The number of esters is 2. The number of rotatable bonds is 13. The summed E-state index contributed by atoms with van der Waals surface area (Å²) in [6.07, 6.45) is 0. The Morgan fingerprint density at radius 3 is 2.38 bits per heavy atom. The van der Waals surface area contributed by atoms with E-state index in [4.69, 9.17) is 14.2 Å². The lowest BCUT2D eigenvalue weighted by Gasteiger charge is -2.49. The quantitative estimate of drug-likeness (QED) is 0.0537. The van der Waals surface area contributed by atoms with E-state index in [1.807, 2.05) is 0 Å². The lowest BCUT2D eigenvalue weighted by molar-refractivity contribution is -0.173. The fraction of sp³-hybridized carbons (Fsp3) is 0.636. The van der Waals surface area contributed by atoms with Gasteiger partial charge in [-0.2, -0.15) is 8.42 Å². The largest absolute Gasteiger partial charge is 0.427 e. The van der Waals surface area contributed by atoms with Crippen LogP contribution < -0.4 is 5.32 Å². The molecule has 39 heavy (non-hydrogen) atoms. The molecule has 17 heteroatoms. The van der Waals surface area contributed by atoms with E-state index < -0.39 is 81.3 Å². The number of hydrogen-bond acceptors (Lipinski definition) is 14. The van der Waals surface area contributed by atoms with Gasteiger partial charge in [-0.25, -0.2) is 4.79 Å². The third-order valence-corrected chi connectivity index (χ3v) is 7.75. The molecule has 0 bridgehead atoms. The van der Waals surface area contributed by atoms with Gasteiger partial charge in [-0.3, -0.25) is 28.3 Å². The molecule has 1 saturated heterocycles. The molecular weight excluding hydrogens is 562 g/mol. The standard InChI is InChI=1S/C22H31N3O12S2/c1-7-39(31,32)37-9-13(26)14(24-34-6)17(27)23-15-18(28)25-16(12(8-33-5)10-38-19(15)25)20(29)35-11-36-21(30)22(2,3)4/h15,19H,7-11H2,1-6H3,(H,23,27)/t15?,19-/m0/s1. The van der Waals surface area contributed by atoms with Crippen LogP contribution in [-0.4, -0.2) is 106 Å². The Morgan fingerprint density at radius 2 is 1.82 bits per heavy atom. The van der Waals surface area contributed by atoms with Crippen LogP contribution in [-0.2, 0) is 57.3 Å². The zero-order valence-corrected chi connectivity index (χ0v) is 23.9. The second-order valence-corrected chi connectivity index (χ2v) is 12.2. The second kappa shape index (κ2) is 13.4. The Hall–Kier alpha value is -3.02. The maximum atomic E-state index is 13.0. The summed E-state index contributed by atoms with van der Waals surface area (Å²) < 4.78 is 42.7. The first-order chi connectivity index (χ1) is 18.2. The van der Waals surface area contributed by atoms with Crippen molar-refractivity contribution < 1.29 is 55.6 Å². The van der Waals surface area contributed by atoms with Crippen LogP contribution in [0.15, 0.2) is 16.4 Å². The number of thioether (sulfide) groups is 1. The maximum Gasteiger partial charge on any atom is 0.358 e. The molecule has 0 aromatic carbocycles. The van der Waals surface area contributed by atoms with E-state index in [1.54, 1.807) is 20.8 Å². The van der Waals surface area contributed by atoms with Gasteiger partial charge in [0.25, 0.3) is 21.9 Å². The third-order valence-electron chi connectivity index (χ3n) is 5.22. The number of Topliss-reactive ketones (excluding diaryl/α,β-unsaturated/α-hetero) is 1. The molecule has 2 amide bonds. The van der Waals surface area contributed by atoms with Crippen LogP contribution in [0.2, 0.25) is 0 Å². The van der Waals surface area contributed by atoms with E-state index in [-0.39, 0.29) is 18.1 Å². The number of nitrogens with zero attached hydrogens (tertiary/aromatic N) is 2. The van der Waals surface area contributed by atoms with Crippen LogP contribution in [0.1, 0.15) is 27.7 Å². The van der Waals surface area contributed by atoms with Crippen LogP contribution in [0, 0.1) is 5.41 Å². The first-order valence-corrected chi connectivity index (χ1v) is 14.1. The van der Waals surface area contributed by atoms with Crippen LogP contribution in [0.5, 0.6) is 0 Å². The third kappa shape index (κ3) is 8.00. The monoisotopic (exact) mass is 593 g/mol. The Balaban J connectivity index is 2.14. The van der Waals surface area contributed by atoms with Gasteiger partial charge in [0.2, 0.25) is 18.3 Å². The minimum Gasteiger partial charge on any atom is -0.427 e. The number of carbonyl (C=O) groups is 5. The van der Waals surface area contributed by atoms with Gasteiger partial charge in [0.05, 0.1) is 17.8 Å². The van der Waals surface area contributed by atoms with Crippen molar-refractivity contribution in [3.63, 3.8) is 0 Å². The average Bonchev–Trinajstić information content (AvgIpc) is 2.87. The molecule has 2 heterocycles. The first-order valence-electron chi connectivity index (χ1n) is 11.5. The van der Waals surface area contributed by atoms with Crippen LogP contribution >= 0.6 is 11.8 Å². The summed E-state index contributed by atoms with van der Waals surface area (Å²) in [4.78, 5) is 68.6. The molecule has 2 atom stereocenters. The average molecular weight is 594 g/mol. The van der Waals surface area contributed by atoms with Crippen LogP contribution in [0.4, 0.5) is 0 Å². The zero-order valence-electron chi connectivity index (χ0n) is 22.3. The van der Waals surface area contributed by atoms with Crippen LogP contribution in [0.25, 0.3) is 0 Å². The molecule has 1 fully saturated rings.